The largest absolute Gasteiger partial charge is 0.378 e. The molecule has 1 saturated carbocycles. The van der Waals surface area contributed by atoms with Crippen LogP contribution in [0.2, 0.25) is 0 Å². The second-order valence-electron chi connectivity index (χ2n) is 6.18. The molecule has 2 aliphatic rings. The Hall–Kier alpha value is -0.160. The highest BCUT2D eigenvalue weighted by Gasteiger charge is 2.49. The number of hydrogen-bond donors (Lipinski definition) is 1. The standard InChI is InChI=1S/C14H29N3O/c1-5-18-13-6-14(7-13,10-15)17-8-11(2)16(4)12(3)9-17/h11-13H,5-10,15H2,1-4H3. The van der Waals surface area contributed by atoms with E-state index < -0.39 is 0 Å². The van der Waals surface area contributed by atoms with E-state index in [4.69, 9.17) is 10.5 Å². The molecule has 0 spiro atoms. The highest BCUT2D eigenvalue weighted by atomic mass is 16.5. The maximum atomic E-state index is 6.07. The van der Waals surface area contributed by atoms with Gasteiger partial charge in [-0.2, -0.15) is 0 Å². The van der Waals surface area contributed by atoms with Crippen LogP contribution in [0.25, 0.3) is 0 Å². The highest BCUT2D eigenvalue weighted by Crippen LogP contribution is 2.40. The van der Waals surface area contributed by atoms with Gasteiger partial charge in [-0.05, 0) is 40.7 Å². The van der Waals surface area contributed by atoms with E-state index in [-0.39, 0.29) is 5.54 Å². The number of nitrogens with zero attached hydrogens (tertiary/aromatic N) is 2. The Morgan fingerprint density at radius 3 is 2.22 bits per heavy atom. The smallest absolute Gasteiger partial charge is 0.0611 e. The summed E-state index contributed by atoms with van der Waals surface area (Å²) in [7, 11) is 2.23. The van der Waals surface area contributed by atoms with Gasteiger partial charge in [0.05, 0.1) is 6.10 Å². The lowest BCUT2D eigenvalue weighted by atomic mass is 9.72. The number of piperazine rings is 1. The van der Waals surface area contributed by atoms with Crippen molar-refractivity contribution in [2.24, 2.45) is 5.73 Å². The van der Waals surface area contributed by atoms with Gasteiger partial charge in [-0.1, -0.05) is 0 Å². The second kappa shape index (κ2) is 5.45. The normalized spacial score (nSPS) is 42.8. The molecule has 0 aromatic carbocycles. The molecular formula is C14H29N3O. The number of ether oxygens (including phenoxy) is 1. The molecule has 1 aliphatic heterocycles. The predicted octanol–water partition coefficient (Wildman–Crippen LogP) is 0.907. The van der Waals surface area contributed by atoms with Gasteiger partial charge in [0, 0.05) is 43.9 Å². The second-order valence-corrected chi connectivity index (χ2v) is 6.18. The van der Waals surface area contributed by atoms with Gasteiger partial charge in [-0.15, -0.1) is 0 Å². The van der Waals surface area contributed by atoms with Crippen LogP contribution in [-0.4, -0.2) is 66.8 Å². The summed E-state index contributed by atoms with van der Waals surface area (Å²) in [6.45, 7) is 10.5. The summed E-state index contributed by atoms with van der Waals surface area (Å²) < 4.78 is 5.71. The topological polar surface area (TPSA) is 41.7 Å². The first-order chi connectivity index (χ1) is 8.52. The molecule has 4 nitrogen and oxygen atoms in total. The molecule has 1 saturated heterocycles. The van der Waals surface area contributed by atoms with Crippen LogP contribution in [0.1, 0.15) is 33.6 Å². The zero-order valence-electron chi connectivity index (χ0n) is 12.4. The van der Waals surface area contributed by atoms with Crippen molar-refractivity contribution in [3.63, 3.8) is 0 Å². The molecule has 0 bridgehead atoms. The summed E-state index contributed by atoms with van der Waals surface area (Å²) in [5.74, 6) is 0. The summed E-state index contributed by atoms with van der Waals surface area (Å²) in [5, 5.41) is 0. The van der Waals surface area contributed by atoms with Gasteiger partial charge in [0.25, 0.3) is 0 Å². The summed E-state index contributed by atoms with van der Waals surface area (Å²) in [6.07, 6.45) is 2.66. The summed E-state index contributed by atoms with van der Waals surface area (Å²) in [6, 6.07) is 1.23. The van der Waals surface area contributed by atoms with Gasteiger partial charge in [-0.3, -0.25) is 9.80 Å². The van der Waals surface area contributed by atoms with Crippen molar-refractivity contribution >= 4 is 0 Å². The highest BCUT2D eigenvalue weighted by molar-refractivity contribution is 5.06. The average Bonchev–Trinajstić information content (AvgIpc) is 2.29. The Morgan fingerprint density at radius 1 is 1.22 bits per heavy atom. The van der Waals surface area contributed by atoms with Gasteiger partial charge in [0.15, 0.2) is 0 Å². The minimum absolute atomic E-state index is 0.212. The minimum atomic E-state index is 0.212. The maximum Gasteiger partial charge on any atom is 0.0611 e. The van der Waals surface area contributed by atoms with Gasteiger partial charge in [0.2, 0.25) is 0 Å². The van der Waals surface area contributed by atoms with Crippen LogP contribution in [0, 0.1) is 0 Å². The van der Waals surface area contributed by atoms with Crippen molar-refractivity contribution in [2.45, 2.75) is 57.3 Å². The van der Waals surface area contributed by atoms with Crippen molar-refractivity contribution in [1.82, 2.24) is 9.80 Å². The molecule has 106 valence electrons. The van der Waals surface area contributed by atoms with E-state index >= 15 is 0 Å². The van der Waals surface area contributed by atoms with E-state index in [1.807, 2.05) is 0 Å². The molecular weight excluding hydrogens is 226 g/mol. The van der Waals surface area contributed by atoms with E-state index in [9.17, 15) is 0 Å². The molecule has 0 aromatic heterocycles. The van der Waals surface area contributed by atoms with Gasteiger partial charge < -0.3 is 10.5 Å². The monoisotopic (exact) mass is 255 g/mol. The lowest BCUT2D eigenvalue weighted by Crippen LogP contribution is -2.69. The third kappa shape index (κ3) is 2.44. The van der Waals surface area contributed by atoms with Crippen LogP contribution >= 0.6 is 0 Å². The number of rotatable bonds is 4. The number of likely N-dealkylation sites (N-methyl/N-ethyl adjacent to an activating group) is 1. The molecule has 2 N–H and O–H groups in total. The van der Waals surface area contributed by atoms with E-state index in [1.165, 1.54) is 0 Å². The van der Waals surface area contributed by atoms with Crippen LogP contribution in [0.3, 0.4) is 0 Å². The molecule has 2 rings (SSSR count). The third-order valence-corrected chi connectivity index (χ3v) is 5.03. The van der Waals surface area contributed by atoms with Crippen LogP contribution < -0.4 is 5.73 Å². The fourth-order valence-corrected chi connectivity index (χ4v) is 3.49. The Balaban J connectivity index is 1.98. The van der Waals surface area contributed by atoms with Gasteiger partial charge in [-0.25, -0.2) is 0 Å². The van der Waals surface area contributed by atoms with Crippen molar-refractivity contribution < 1.29 is 4.74 Å². The van der Waals surface area contributed by atoms with Crippen LogP contribution in [0.5, 0.6) is 0 Å². The molecule has 2 fully saturated rings. The zero-order chi connectivity index (χ0) is 13.3. The fourth-order valence-electron chi connectivity index (χ4n) is 3.49. The van der Waals surface area contributed by atoms with Crippen molar-refractivity contribution in [2.75, 3.05) is 33.3 Å². The molecule has 0 amide bonds. The number of hydrogen-bond acceptors (Lipinski definition) is 4. The van der Waals surface area contributed by atoms with Crippen molar-refractivity contribution in [3.05, 3.63) is 0 Å². The quantitative estimate of drug-likeness (QED) is 0.811. The molecule has 1 heterocycles. The zero-order valence-corrected chi connectivity index (χ0v) is 12.4. The van der Waals surface area contributed by atoms with Gasteiger partial charge >= 0.3 is 0 Å². The first kappa shape index (κ1) is 14.3. The Kier molecular flexibility index (Phi) is 4.32. The van der Waals surface area contributed by atoms with E-state index in [0.29, 0.717) is 18.2 Å². The Bertz CT molecular complexity index is 266. The Labute approximate surface area is 111 Å². The van der Waals surface area contributed by atoms with Crippen LogP contribution in [0.15, 0.2) is 0 Å². The fraction of sp³-hybridized carbons (Fsp3) is 1.00. The number of nitrogens with two attached hydrogens (primary N) is 1. The Morgan fingerprint density at radius 2 is 1.78 bits per heavy atom. The van der Waals surface area contributed by atoms with Crippen LogP contribution in [0.4, 0.5) is 0 Å². The van der Waals surface area contributed by atoms with Crippen LogP contribution in [-0.2, 0) is 4.74 Å². The van der Waals surface area contributed by atoms with E-state index in [2.05, 4.69) is 37.6 Å². The van der Waals surface area contributed by atoms with E-state index in [0.717, 1.165) is 39.1 Å². The molecule has 0 radical (unpaired) electrons. The first-order valence-corrected chi connectivity index (χ1v) is 7.31. The SMILES string of the molecule is CCOC1CC(CN)(N2CC(C)N(C)C(C)C2)C1. The molecule has 18 heavy (non-hydrogen) atoms. The lowest BCUT2D eigenvalue weighted by molar-refractivity contribution is -0.122. The molecule has 2 atom stereocenters. The minimum Gasteiger partial charge on any atom is -0.378 e. The van der Waals surface area contributed by atoms with E-state index in [1.54, 1.807) is 0 Å². The predicted molar refractivity (Wildman–Crippen MR) is 74.7 cm³/mol. The average molecular weight is 255 g/mol. The van der Waals surface area contributed by atoms with Gasteiger partial charge in [0.1, 0.15) is 0 Å². The molecule has 0 aromatic rings. The summed E-state index contributed by atoms with van der Waals surface area (Å²) in [4.78, 5) is 5.09. The third-order valence-electron chi connectivity index (χ3n) is 5.03. The first-order valence-electron chi connectivity index (χ1n) is 7.31. The maximum absolute atomic E-state index is 6.07. The van der Waals surface area contributed by atoms with Crippen molar-refractivity contribution in [1.29, 1.82) is 0 Å². The molecule has 1 aliphatic carbocycles. The lowest BCUT2D eigenvalue weighted by Gasteiger charge is -2.57. The van der Waals surface area contributed by atoms with Crippen molar-refractivity contribution in [3.8, 4) is 0 Å². The summed E-state index contributed by atoms with van der Waals surface area (Å²) in [5.41, 5.74) is 6.28. The molecule has 2 unspecified atom stereocenters. The molecule has 4 heteroatoms. The summed E-state index contributed by atoms with van der Waals surface area (Å²) >= 11 is 0.